The van der Waals surface area contributed by atoms with Crippen LogP contribution in [0.4, 0.5) is 4.39 Å². The third kappa shape index (κ3) is 2.90. The van der Waals surface area contributed by atoms with Gasteiger partial charge in [-0.25, -0.2) is 4.39 Å². The van der Waals surface area contributed by atoms with Gasteiger partial charge in [0, 0.05) is 17.3 Å². The van der Waals surface area contributed by atoms with Crippen LogP contribution in [-0.2, 0) is 6.42 Å². The molecule has 0 bridgehead atoms. The zero-order valence-electron chi connectivity index (χ0n) is 15.4. The maximum absolute atomic E-state index is 14.4. The van der Waals surface area contributed by atoms with Gasteiger partial charge in [0.2, 0.25) is 5.89 Å². The Morgan fingerprint density at radius 3 is 2.73 bits per heavy atom. The molecule has 4 rings (SSSR count). The van der Waals surface area contributed by atoms with Crippen molar-refractivity contribution in [2.45, 2.75) is 52.0 Å². The Kier molecular flexibility index (Phi) is 4.48. The summed E-state index contributed by atoms with van der Waals surface area (Å²) in [7, 11) is 0. The minimum absolute atomic E-state index is 0.253. The number of aryl methyl sites for hydroxylation is 1. The van der Waals surface area contributed by atoms with E-state index in [-0.39, 0.29) is 11.7 Å². The number of nitrogens with zero attached hydrogens (tertiary/aromatic N) is 5. The highest BCUT2D eigenvalue weighted by atomic mass is 19.1. The summed E-state index contributed by atoms with van der Waals surface area (Å²) in [5.41, 5.74) is 1.24. The molecule has 0 N–H and O–H groups in total. The maximum Gasteiger partial charge on any atom is 0.291 e. The summed E-state index contributed by atoms with van der Waals surface area (Å²) in [4.78, 5) is 7.01. The number of piperidine rings is 1. The zero-order chi connectivity index (χ0) is 18.3. The fraction of sp³-hybridized carbons (Fsp3) is 0.526. The third-order valence-corrected chi connectivity index (χ3v) is 5.29. The molecule has 1 aromatic carbocycles. The van der Waals surface area contributed by atoms with Crippen LogP contribution in [0, 0.1) is 5.82 Å². The fourth-order valence-electron chi connectivity index (χ4n) is 3.74. The van der Waals surface area contributed by atoms with Gasteiger partial charge in [-0.1, -0.05) is 19.1 Å². The van der Waals surface area contributed by atoms with Crippen molar-refractivity contribution in [3.8, 4) is 5.95 Å². The van der Waals surface area contributed by atoms with Crippen molar-refractivity contribution >= 4 is 10.9 Å². The number of rotatable bonds is 4. The number of benzene rings is 1. The van der Waals surface area contributed by atoms with Crippen molar-refractivity contribution in [2.75, 3.05) is 13.1 Å². The van der Waals surface area contributed by atoms with Crippen LogP contribution in [0.2, 0.25) is 0 Å². The summed E-state index contributed by atoms with van der Waals surface area (Å²) in [6, 6.07) is 5.57. The van der Waals surface area contributed by atoms with Crippen LogP contribution in [0.15, 0.2) is 22.7 Å². The molecule has 0 radical (unpaired) electrons. The maximum atomic E-state index is 14.4. The third-order valence-electron chi connectivity index (χ3n) is 5.29. The molecule has 0 saturated carbocycles. The van der Waals surface area contributed by atoms with Crippen LogP contribution in [0.3, 0.4) is 0 Å². The largest absolute Gasteiger partial charge is 0.337 e. The number of aromatic nitrogens is 4. The fourth-order valence-corrected chi connectivity index (χ4v) is 3.74. The lowest BCUT2D eigenvalue weighted by Gasteiger charge is -2.33. The van der Waals surface area contributed by atoms with E-state index in [1.54, 1.807) is 6.07 Å². The predicted molar refractivity (Wildman–Crippen MR) is 96.9 cm³/mol. The molecule has 2 aromatic heterocycles. The van der Waals surface area contributed by atoms with Crippen molar-refractivity contribution in [3.63, 3.8) is 0 Å². The predicted octanol–water partition coefficient (Wildman–Crippen LogP) is 3.70. The van der Waals surface area contributed by atoms with Crippen LogP contribution in [0.1, 0.15) is 51.1 Å². The van der Waals surface area contributed by atoms with E-state index in [9.17, 15) is 4.39 Å². The van der Waals surface area contributed by atoms with Crippen molar-refractivity contribution in [1.82, 2.24) is 24.8 Å². The number of hydrogen-bond donors (Lipinski definition) is 0. The number of fused-ring (bicyclic) bond motifs is 1. The molecular weight excluding hydrogens is 333 g/mol. The van der Waals surface area contributed by atoms with Crippen LogP contribution in [0.5, 0.6) is 0 Å². The zero-order valence-corrected chi connectivity index (χ0v) is 15.4. The molecule has 1 aliphatic rings. The van der Waals surface area contributed by atoms with Gasteiger partial charge in [0.15, 0.2) is 0 Å². The Balaban J connectivity index is 1.64. The van der Waals surface area contributed by atoms with E-state index in [2.05, 4.69) is 34.0 Å². The minimum Gasteiger partial charge on any atom is -0.337 e. The molecule has 7 heteroatoms. The molecule has 0 amide bonds. The van der Waals surface area contributed by atoms with Gasteiger partial charge >= 0.3 is 0 Å². The Labute approximate surface area is 152 Å². The lowest BCUT2D eigenvalue weighted by molar-refractivity contribution is 0.160. The summed E-state index contributed by atoms with van der Waals surface area (Å²) >= 11 is 0. The van der Waals surface area contributed by atoms with Gasteiger partial charge in [0.05, 0.1) is 5.69 Å². The first-order valence-corrected chi connectivity index (χ1v) is 9.32. The Morgan fingerprint density at radius 1 is 1.27 bits per heavy atom. The van der Waals surface area contributed by atoms with Crippen molar-refractivity contribution in [2.24, 2.45) is 0 Å². The van der Waals surface area contributed by atoms with Gasteiger partial charge < -0.3 is 9.42 Å². The molecule has 3 aromatic rings. The van der Waals surface area contributed by atoms with E-state index in [1.165, 1.54) is 10.7 Å². The summed E-state index contributed by atoms with van der Waals surface area (Å²) in [6.07, 6.45) is 2.70. The minimum atomic E-state index is -0.328. The summed E-state index contributed by atoms with van der Waals surface area (Å²) in [6.45, 7) is 8.49. The van der Waals surface area contributed by atoms with E-state index in [0.29, 0.717) is 29.8 Å². The van der Waals surface area contributed by atoms with Gasteiger partial charge in [-0.2, -0.15) is 14.8 Å². The molecular formula is C19H24FN5O. The molecule has 1 saturated heterocycles. The highest BCUT2D eigenvalue weighted by molar-refractivity contribution is 5.83. The summed E-state index contributed by atoms with van der Waals surface area (Å²) in [5.74, 6) is 0.859. The number of hydrogen-bond acceptors (Lipinski definition) is 5. The lowest BCUT2D eigenvalue weighted by Crippen LogP contribution is -2.37. The molecule has 1 fully saturated rings. The van der Waals surface area contributed by atoms with Gasteiger partial charge in [0.1, 0.15) is 11.3 Å². The normalized spacial score (nSPS) is 16.8. The topological polar surface area (TPSA) is 60.0 Å². The summed E-state index contributed by atoms with van der Waals surface area (Å²) < 4.78 is 21.4. The molecule has 0 atom stereocenters. The number of likely N-dealkylation sites (tertiary alicyclic amines) is 1. The van der Waals surface area contributed by atoms with Crippen LogP contribution < -0.4 is 0 Å². The van der Waals surface area contributed by atoms with E-state index in [1.807, 2.05) is 13.0 Å². The quantitative estimate of drug-likeness (QED) is 0.712. The molecule has 0 unspecified atom stereocenters. The van der Waals surface area contributed by atoms with Crippen LogP contribution in [0.25, 0.3) is 16.9 Å². The highest BCUT2D eigenvalue weighted by Crippen LogP contribution is 2.29. The smallest absolute Gasteiger partial charge is 0.291 e. The molecule has 0 spiro atoms. The van der Waals surface area contributed by atoms with Gasteiger partial charge in [-0.15, -0.1) is 0 Å². The summed E-state index contributed by atoms with van der Waals surface area (Å²) in [5, 5.41) is 9.40. The van der Waals surface area contributed by atoms with E-state index in [4.69, 9.17) is 4.52 Å². The Hall–Kier alpha value is -2.28. The molecule has 3 heterocycles. The Morgan fingerprint density at radius 2 is 2.04 bits per heavy atom. The average Bonchev–Trinajstić information content (AvgIpc) is 3.27. The molecule has 0 aliphatic carbocycles. The second-order valence-electron chi connectivity index (χ2n) is 7.18. The number of halogens is 1. The Bertz CT molecular complexity index is 908. The second kappa shape index (κ2) is 6.79. The molecule has 26 heavy (non-hydrogen) atoms. The molecule has 1 aliphatic heterocycles. The molecule has 138 valence electrons. The standard InChI is InChI=1S/C19H24FN5O/c1-4-16-14-6-5-7-15(20)17(14)25(22-16)19-21-18(26-23-19)13-8-10-24(11-9-13)12(2)3/h5-7,12-13H,4,8-11H2,1-3H3. The van der Waals surface area contributed by atoms with Gasteiger partial charge in [-0.05, 0) is 57.4 Å². The second-order valence-corrected chi connectivity index (χ2v) is 7.18. The first-order chi connectivity index (χ1) is 12.6. The van der Waals surface area contributed by atoms with E-state index >= 15 is 0 Å². The van der Waals surface area contributed by atoms with Crippen molar-refractivity contribution in [1.29, 1.82) is 0 Å². The van der Waals surface area contributed by atoms with Gasteiger partial charge in [-0.3, -0.25) is 0 Å². The van der Waals surface area contributed by atoms with Crippen molar-refractivity contribution in [3.05, 3.63) is 35.6 Å². The van der Waals surface area contributed by atoms with E-state index in [0.717, 1.165) is 37.0 Å². The van der Waals surface area contributed by atoms with E-state index < -0.39 is 0 Å². The first kappa shape index (κ1) is 17.1. The lowest BCUT2D eigenvalue weighted by atomic mass is 9.96. The first-order valence-electron chi connectivity index (χ1n) is 9.32. The monoisotopic (exact) mass is 357 g/mol. The number of para-hydroxylation sites is 1. The van der Waals surface area contributed by atoms with Gasteiger partial charge in [0.25, 0.3) is 5.95 Å². The SMILES string of the molecule is CCc1nn(-c2noc(C3CCN(C(C)C)CC3)n2)c2c(F)cccc12. The highest BCUT2D eigenvalue weighted by Gasteiger charge is 2.27. The average molecular weight is 357 g/mol. The van der Waals surface area contributed by atoms with Crippen LogP contribution >= 0.6 is 0 Å². The van der Waals surface area contributed by atoms with Crippen LogP contribution in [-0.4, -0.2) is 44.0 Å². The van der Waals surface area contributed by atoms with Crippen molar-refractivity contribution < 1.29 is 8.91 Å². The molecule has 6 nitrogen and oxygen atoms in total.